The molecule has 0 bridgehead atoms. The molecule has 1 heteroatoms. The van der Waals surface area contributed by atoms with Gasteiger partial charge in [-0.2, -0.15) is 0 Å². The molecule has 10 heavy (non-hydrogen) atoms. The molecule has 0 rings (SSSR count). The normalized spacial score (nSPS) is 11.6. The summed E-state index contributed by atoms with van der Waals surface area (Å²) in [7, 11) is 0. The molecule has 58 valence electrons. The van der Waals surface area contributed by atoms with E-state index in [0.29, 0.717) is 6.42 Å². The Morgan fingerprint density at radius 3 is 2.60 bits per heavy atom. The lowest BCUT2D eigenvalue weighted by Crippen LogP contribution is -1.77. The van der Waals surface area contributed by atoms with Crippen LogP contribution in [0.2, 0.25) is 0 Å². The van der Waals surface area contributed by atoms with Gasteiger partial charge in [0.15, 0.2) is 0 Å². The summed E-state index contributed by atoms with van der Waals surface area (Å²) in [4.78, 5) is 9.91. The van der Waals surface area contributed by atoms with Crippen LogP contribution in [-0.4, -0.2) is 6.29 Å². The highest BCUT2D eigenvalue weighted by Crippen LogP contribution is 2.04. The van der Waals surface area contributed by atoms with E-state index in [9.17, 15) is 4.79 Å². The fraction of sp³-hybridized carbons (Fsp3) is 0.667. The third kappa shape index (κ3) is 5.54. The molecular weight excluding hydrogens is 124 g/mol. The van der Waals surface area contributed by atoms with Crippen molar-refractivity contribution in [2.45, 2.75) is 39.5 Å². The van der Waals surface area contributed by atoms with Crippen molar-refractivity contribution in [3.8, 4) is 0 Å². The number of aldehydes is 1. The van der Waals surface area contributed by atoms with E-state index in [1.165, 1.54) is 18.4 Å². The molecular formula is C9H16O. The van der Waals surface area contributed by atoms with E-state index >= 15 is 0 Å². The summed E-state index contributed by atoms with van der Waals surface area (Å²) < 4.78 is 0. The Bertz CT molecular complexity index is 114. The minimum atomic E-state index is 0.668. The minimum Gasteiger partial charge on any atom is -0.303 e. The van der Waals surface area contributed by atoms with Crippen molar-refractivity contribution in [2.24, 2.45) is 0 Å². The van der Waals surface area contributed by atoms with Gasteiger partial charge in [0.25, 0.3) is 0 Å². The highest BCUT2D eigenvalue weighted by Gasteiger charge is 1.85. The molecule has 0 aromatic rings. The molecule has 0 saturated carbocycles. The van der Waals surface area contributed by atoms with Crippen molar-refractivity contribution in [1.82, 2.24) is 0 Å². The zero-order valence-corrected chi connectivity index (χ0v) is 6.89. The quantitative estimate of drug-likeness (QED) is 0.326. The van der Waals surface area contributed by atoms with Crippen molar-refractivity contribution in [3.63, 3.8) is 0 Å². The van der Waals surface area contributed by atoms with E-state index in [0.717, 1.165) is 12.7 Å². The maximum atomic E-state index is 9.91. The summed E-state index contributed by atoms with van der Waals surface area (Å²) in [5, 5.41) is 0. The van der Waals surface area contributed by atoms with Crippen LogP contribution in [0.15, 0.2) is 11.6 Å². The fourth-order valence-electron chi connectivity index (χ4n) is 0.894. The first-order chi connectivity index (χ1) is 4.81. The van der Waals surface area contributed by atoms with Gasteiger partial charge in [-0.3, -0.25) is 0 Å². The summed E-state index contributed by atoms with van der Waals surface area (Å²) >= 11 is 0. The molecule has 0 spiro atoms. The second kappa shape index (κ2) is 6.53. The first-order valence-corrected chi connectivity index (χ1v) is 3.90. The average Bonchev–Trinajstić information content (AvgIpc) is 1.89. The predicted octanol–water partition coefficient (Wildman–Crippen LogP) is 2.71. The van der Waals surface area contributed by atoms with Gasteiger partial charge in [-0.05, 0) is 19.8 Å². The molecule has 0 fully saturated rings. The third-order valence-electron chi connectivity index (χ3n) is 1.42. The fourth-order valence-corrected chi connectivity index (χ4v) is 0.894. The number of allylic oxidation sites excluding steroid dienone is 2. The lowest BCUT2D eigenvalue weighted by atomic mass is 10.1. The minimum absolute atomic E-state index is 0.668. The van der Waals surface area contributed by atoms with Gasteiger partial charge in [0.1, 0.15) is 6.29 Å². The summed E-state index contributed by atoms with van der Waals surface area (Å²) in [6.07, 6.45) is 7.06. The van der Waals surface area contributed by atoms with E-state index in [1.807, 2.05) is 0 Å². The van der Waals surface area contributed by atoms with E-state index in [1.54, 1.807) is 0 Å². The molecule has 0 aromatic carbocycles. The van der Waals surface area contributed by atoms with Crippen LogP contribution in [0.3, 0.4) is 0 Å². The highest BCUT2D eigenvalue weighted by atomic mass is 16.1. The SMILES string of the molecule is CCC/C(C)=C/CCC=O. The Hall–Kier alpha value is -0.590. The molecule has 0 aliphatic heterocycles. The van der Waals surface area contributed by atoms with Gasteiger partial charge in [-0.25, -0.2) is 0 Å². The van der Waals surface area contributed by atoms with Crippen molar-refractivity contribution in [2.75, 3.05) is 0 Å². The van der Waals surface area contributed by atoms with Gasteiger partial charge in [0.05, 0.1) is 0 Å². The first-order valence-electron chi connectivity index (χ1n) is 3.90. The Labute approximate surface area is 63.1 Å². The van der Waals surface area contributed by atoms with Crippen LogP contribution in [0.4, 0.5) is 0 Å². The Kier molecular flexibility index (Phi) is 6.14. The molecule has 0 radical (unpaired) electrons. The predicted molar refractivity (Wildman–Crippen MR) is 44.0 cm³/mol. The van der Waals surface area contributed by atoms with Gasteiger partial charge < -0.3 is 4.79 Å². The lowest BCUT2D eigenvalue weighted by Gasteiger charge is -1.94. The second-order valence-electron chi connectivity index (χ2n) is 2.54. The summed E-state index contributed by atoms with van der Waals surface area (Å²) in [6.45, 7) is 4.28. The summed E-state index contributed by atoms with van der Waals surface area (Å²) in [6, 6.07) is 0. The molecule has 0 heterocycles. The molecule has 0 amide bonds. The van der Waals surface area contributed by atoms with Gasteiger partial charge in [-0.15, -0.1) is 0 Å². The Morgan fingerprint density at radius 1 is 1.40 bits per heavy atom. The molecule has 0 atom stereocenters. The number of hydrogen-bond acceptors (Lipinski definition) is 1. The number of carbonyl (C=O) groups is 1. The summed E-state index contributed by atoms with van der Waals surface area (Å²) in [5.74, 6) is 0. The number of carbonyl (C=O) groups excluding carboxylic acids is 1. The van der Waals surface area contributed by atoms with Crippen LogP contribution >= 0.6 is 0 Å². The van der Waals surface area contributed by atoms with Gasteiger partial charge in [0, 0.05) is 6.42 Å². The number of unbranched alkanes of at least 4 members (excludes halogenated alkanes) is 1. The van der Waals surface area contributed by atoms with E-state index in [-0.39, 0.29) is 0 Å². The second-order valence-corrected chi connectivity index (χ2v) is 2.54. The molecule has 0 saturated heterocycles. The van der Waals surface area contributed by atoms with Gasteiger partial charge in [-0.1, -0.05) is 25.0 Å². The van der Waals surface area contributed by atoms with Gasteiger partial charge >= 0.3 is 0 Å². The average molecular weight is 140 g/mol. The Balaban J connectivity index is 3.36. The van der Waals surface area contributed by atoms with Crippen molar-refractivity contribution in [1.29, 1.82) is 0 Å². The zero-order valence-electron chi connectivity index (χ0n) is 6.89. The highest BCUT2D eigenvalue weighted by molar-refractivity contribution is 5.49. The van der Waals surface area contributed by atoms with Crippen LogP contribution in [0, 0.1) is 0 Å². The van der Waals surface area contributed by atoms with Gasteiger partial charge in [0.2, 0.25) is 0 Å². The van der Waals surface area contributed by atoms with Crippen LogP contribution in [0.5, 0.6) is 0 Å². The van der Waals surface area contributed by atoms with Crippen molar-refractivity contribution >= 4 is 6.29 Å². The monoisotopic (exact) mass is 140 g/mol. The molecule has 0 unspecified atom stereocenters. The first kappa shape index (κ1) is 9.41. The third-order valence-corrected chi connectivity index (χ3v) is 1.42. The standard InChI is InChI=1S/C9H16O/c1-3-6-9(2)7-4-5-8-10/h7-8H,3-6H2,1-2H3/b9-7+. The van der Waals surface area contributed by atoms with E-state index in [2.05, 4.69) is 19.9 Å². The number of hydrogen-bond donors (Lipinski definition) is 0. The van der Waals surface area contributed by atoms with Crippen LogP contribution in [0.1, 0.15) is 39.5 Å². The maximum Gasteiger partial charge on any atom is 0.120 e. The largest absolute Gasteiger partial charge is 0.303 e. The molecule has 0 aliphatic rings. The Morgan fingerprint density at radius 2 is 2.10 bits per heavy atom. The molecule has 0 aromatic heterocycles. The van der Waals surface area contributed by atoms with E-state index in [4.69, 9.17) is 0 Å². The van der Waals surface area contributed by atoms with Crippen LogP contribution in [0.25, 0.3) is 0 Å². The van der Waals surface area contributed by atoms with Crippen molar-refractivity contribution < 1.29 is 4.79 Å². The lowest BCUT2D eigenvalue weighted by molar-refractivity contribution is -0.107. The maximum absolute atomic E-state index is 9.91. The summed E-state index contributed by atoms with van der Waals surface area (Å²) in [5.41, 5.74) is 1.41. The smallest absolute Gasteiger partial charge is 0.120 e. The number of rotatable bonds is 5. The van der Waals surface area contributed by atoms with Crippen molar-refractivity contribution in [3.05, 3.63) is 11.6 Å². The molecule has 1 nitrogen and oxygen atoms in total. The zero-order chi connectivity index (χ0) is 7.82. The molecule has 0 aliphatic carbocycles. The molecule has 0 N–H and O–H groups in total. The topological polar surface area (TPSA) is 17.1 Å². The van der Waals surface area contributed by atoms with Crippen LogP contribution < -0.4 is 0 Å². The van der Waals surface area contributed by atoms with E-state index < -0.39 is 0 Å². The van der Waals surface area contributed by atoms with Crippen LogP contribution in [-0.2, 0) is 4.79 Å².